The average molecular weight is 255 g/mol. The van der Waals surface area contributed by atoms with Crippen LogP contribution >= 0.6 is 23.1 Å². The van der Waals surface area contributed by atoms with E-state index in [0.717, 1.165) is 23.6 Å². The first-order valence-electron chi connectivity index (χ1n) is 5.12. The summed E-state index contributed by atoms with van der Waals surface area (Å²) in [5, 5.41) is 10.6. The van der Waals surface area contributed by atoms with E-state index in [1.54, 1.807) is 11.3 Å². The molecule has 2 nitrogen and oxygen atoms in total. The molecular weight excluding hydrogens is 238 g/mol. The molecule has 88 valence electrons. The molecule has 0 aliphatic heterocycles. The average Bonchev–Trinajstić information content (AvgIpc) is 2.69. The highest BCUT2D eigenvalue weighted by Crippen LogP contribution is 2.19. The Hall–Kier alpha value is -0.470. The van der Waals surface area contributed by atoms with Crippen molar-refractivity contribution in [1.82, 2.24) is 4.90 Å². The SMILES string of the molecule is CN(C)CCSCc1cc(C#CCO)cs1. The quantitative estimate of drug-likeness (QED) is 0.642. The molecule has 1 rings (SSSR count). The van der Waals surface area contributed by atoms with Gasteiger partial charge in [0.2, 0.25) is 0 Å². The Kier molecular flexibility index (Phi) is 6.58. The van der Waals surface area contributed by atoms with E-state index in [4.69, 9.17) is 5.11 Å². The van der Waals surface area contributed by atoms with Gasteiger partial charge in [-0.25, -0.2) is 0 Å². The normalized spacial score (nSPS) is 10.2. The van der Waals surface area contributed by atoms with Crippen LogP contribution in [0, 0.1) is 11.8 Å². The molecule has 0 atom stereocenters. The van der Waals surface area contributed by atoms with Crippen LogP contribution in [0.5, 0.6) is 0 Å². The molecule has 1 N–H and O–H groups in total. The summed E-state index contributed by atoms with van der Waals surface area (Å²) in [5.41, 5.74) is 1.02. The molecule has 16 heavy (non-hydrogen) atoms. The van der Waals surface area contributed by atoms with E-state index >= 15 is 0 Å². The van der Waals surface area contributed by atoms with Gasteiger partial charge in [-0.3, -0.25) is 0 Å². The molecule has 0 aromatic carbocycles. The molecule has 0 bridgehead atoms. The zero-order valence-corrected chi connectivity index (χ0v) is 11.3. The van der Waals surface area contributed by atoms with Crippen molar-refractivity contribution in [1.29, 1.82) is 0 Å². The predicted octanol–water partition coefficient (Wildman–Crippen LogP) is 1.89. The molecule has 0 saturated carbocycles. The fourth-order valence-electron chi connectivity index (χ4n) is 1.08. The van der Waals surface area contributed by atoms with E-state index < -0.39 is 0 Å². The van der Waals surface area contributed by atoms with Crippen molar-refractivity contribution in [3.63, 3.8) is 0 Å². The third-order valence-corrected chi connectivity index (χ3v) is 4.00. The summed E-state index contributed by atoms with van der Waals surface area (Å²) in [4.78, 5) is 3.55. The lowest BCUT2D eigenvalue weighted by atomic mass is 10.3. The molecule has 0 saturated heterocycles. The van der Waals surface area contributed by atoms with Crippen LogP contribution < -0.4 is 0 Å². The zero-order valence-electron chi connectivity index (χ0n) is 9.69. The largest absolute Gasteiger partial charge is 0.384 e. The molecule has 0 aliphatic rings. The first kappa shape index (κ1) is 13.6. The summed E-state index contributed by atoms with van der Waals surface area (Å²) < 4.78 is 0. The van der Waals surface area contributed by atoms with E-state index in [9.17, 15) is 0 Å². The van der Waals surface area contributed by atoms with Crippen LogP contribution in [0.3, 0.4) is 0 Å². The molecule has 0 amide bonds. The van der Waals surface area contributed by atoms with Gasteiger partial charge in [-0.1, -0.05) is 11.8 Å². The fourth-order valence-corrected chi connectivity index (χ4v) is 3.13. The number of hydrogen-bond donors (Lipinski definition) is 1. The smallest absolute Gasteiger partial charge is 0.104 e. The predicted molar refractivity (Wildman–Crippen MR) is 73.0 cm³/mol. The Balaban J connectivity index is 2.29. The molecule has 0 spiro atoms. The zero-order chi connectivity index (χ0) is 11.8. The summed E-state index contributed by atoms with van der Waals surface area (Å²) in [7, 11) is 4.18. The van der Waals surface area contributed by atoms with E-state index in [0.29, 0.717) is 0 Å². The lowest BCUT2D eigenvalue weighted by Crippen LogP contribution is -2.14. The number of aliphatic hydroxyl groups excluding tert-OH is 1. The summed E-state index contributed by atoms with van der Waals surface area (Å²) in [6.07, 6.45) is 0. The highest BCUT2D eigenvalue weighted by Gasteiger charge is 1.98. The Labute approximate surface area is 106 Å². The minimum absolute atomic E-state index is 0.0667. The number of hydrogen-bond acceptors (Lipinski definition) is 4. The van der Waals surface area contributed by atoms with Gasteiger partial charge in [0.1, 0.15) is 6.61 Å². The second kappa shape index (κ2) is 7.75. The van der Waals surface area contributed by atoms with Crippen molar-refractivity contribution in [3.05, 3.63) is 21.9 Å². The maximum atomic E-state index is 8.58. The first-order chi connectivity index (χ1) is 7.72. The minimum atomic E-state index is -0.0667. The molecule has 1 aromatic rings. The van der Waals surface area contributed by atoms with Crippen molar-refractivity contribution in [2.45, 2.75) is 5.75 Å². The van der Waals surface area contributed by atoms with Crippen LogP contribution in [0.4, 0.5) is 0 Å². The van der Waals surface area contributed by atoms with Crippen LogP contribution in [0.1, 0.15) is 10.4 Å². The lowest BCUT2D eigenvalue weighted by Gasteiger charge is -2.07. The molecule has 0 aliphatic carbocycles. The standard InChI is InChI=1S/C12H17NOS2/c1-13(2)5-7-15-10-12-8-11(9-16-12)4-3-6-14/h8-9,14H,5-7,10H2,1-2H3. The van der Waals surface area contributed by atoms with E-state index in [1.807, 2.05) is 17.1 Å². The molecular formula is C12H17NOS2. The number of thioether (sulfide) groups is 1. The van der Waals surface area contributed by atoms with Crippen LogP contribution in [0.15, 0.2) is 11.4 Å². The fraction of sp³-hybridized carbons (Fsp3) is 0.500. The van der Waals surface area contributed by atoms with Gasteiger partial charge in [0.15, 0.2) is 0 Å². The highest BCUT2D eigenvalue weighted by atomic mass is 32.2. The van der Waals surface area contributed by atoms with Crippen LogP contribution in [-0.4, -0.2) is 43.0 Å². The Morgan fingerprint density at radius 3 is 3.00 bits per heavy atom. The summed E-state index contributed by atoms with van der Waals surface area (Å²) in [5.74, 6) is 7.79. The van der Waals surface area contributed by atoms with E-state index in [-0.39, 0.29) is 6.61 Å². The minimum Gasteiger partial charge on any atom is -0.384 e. The molecule has 4 heteroatoms. The second-order valence-electron chi connectivity index (χ2n) is 3.62. The summed E-state index contributed by atoms with van der Waals surface area (Å²) in [6, 6.07) is 2.11. The number of rotatable bonds is 5. The second-order valence-corrected chi connectivity index (χ2v) is 5.72. The molecule has 0 unspecified atom stereocenters. The van der Waals surface area contributed by atoms with Gasteiger partial charge in [-0.05, 0) is 20.2 Å². The van der Waals surface area contributed by atoms with E-state index in [2.05, 4.69) is 36.9 Å². The first-order valence-corrected chi connectivity index (χ1v) is 7.15. The monoisotopic (exact) mass is 255 g/mol. The van der Waals surface area contributed by atoms with Gasteiger partial charge in [0.25, 0.3) is 0 Å². The lowest BCUT2D eigenvalue weighted by molar-refractivity contribution is 0.350. The van der Waals surface area contributed by atoms with Crippen molar-refractivity contribution >= 4 is 23.1 Å². The summed E-state index contributed by atoms with van der Waals surface area (Å²) >= 11 is 3.68. The van der Waals surface area contributed by atoms with Crippen molar-refractivity contribution in [2.75, 3.05) is 33.0 Å². The van der Waals surface area contributed by atoms with Crippen molar-refractivity contribution in [3.8, 4) is 11.8 Å². The molecule has 1 heterocycles. The summed E-state index contributed by atoms with van der Waals surface area (Å²) in [6.45, 7) is 1.05. The maximum Gasteiger partial charge on any atom is 0.104 e. The van der Waals surface area contributed by atoms with E-state index in [1.165, 1.54) is 4.88 Å². The number of aliphatic hydroxyl groups is 1. The maximum absolute atomic E-state index is 8.58. The van der Waals surface area contributed by atoms with Crippen molar-refractivity contribution < 1.29 is 5.11 Å². The van der Waals surface area contributed by atoms with Crippen molar-refractivity contribution in [2.24, 2.45) is 0 Å². The van der Waals surface area contributed by atoms with Crippen LogP contribution in [0.2, 0.25) is 0 Å². The van der Waals surface area contributed by atoms with Crippen LogP contribution in [-0.2, 0) is 5.75 Å². The molecule has 1 aromatic heterocycles. The third kappa shape index (κ3) is 5.57. The Morgan fingerprint density at radius 1 is 1.50 bits per heavy atom. The number of thiophene rings is 1. The third-order valence-electron chi connectivity index (χ3n) is 1.89. The molecule has 0 radical (unpaired) electrons. The van der Waals surface area contributed by atoms with Gasteiger partial charge in [-0.2, -0.15) is 11.8 Å². The molecule has 0 fully saturated rings. The van der Waals surface area contributed by atoms with Gasteiger partial charge >= 0.3 is 0 Å². The Morgan fingerprint density at radius 2 is 2.31 bits per heavy atom. The van der Waals surface area contributed by atoms with Gasteiger partial charge < -0.3 is 10.0 Å². The van der Waals surface area contributed by atoms with Gasteiger partial charge in [-0.15, -0.1) is 11.3 Å². The number of nitrogens with zero attached hydrogens (tertiary/aromatic N) is 1. The topological polar surface area (TPSA) is 23.5 Å². The highest BCUT2D eigenvalue weighted by molar-refractivity contribution is 7.98. The van der Waals surface area contributed by atoms with Gasteiger partial charge in [0, 0.05) is 33.9 Å². The Bertz CT molecular complexity index is 363. The van der Waals surface area contributed by atoms with Gasteiger partial charge in [0.05, 0.1) is 0 Å². The van der Waals surface area contributed by atoms with Crippen LogP contribution in [0.25, 0.3) is 0 Å².